The molecule has 8 nitrogen and oxygen atoms in total. The fourth-order valence-corrected chi connectivity index (χ4v) is 5.64. The largest absolute Gasteiger partial charge is 0.497 e. The number of anilines is 1. The van der Waals surface area contributed by atoms with Crippen LogP contribution in [0, 0.1) is 0 Å². The molecular formula is C27H36ClN3O5S. The van der Waals surface area contributed by atoms with Gasteiger partial charge in [0, 0.05) is 30.6 Å². The number of nitrogens with one attached hydrogen (secondary N) is 1. The molecule has 0 radical (unpaired) electrons. The molecule has 1 saturated carbocycles. The lowest BCUT2D eigenvalue weighted by Gasteiger charge is -2.30. The highest BCUT2D eigenvalue weighted by molar-refractivity contribution is 7.92. The summed E-state index contributed by atoms with van der Waals surface area (Å²) in [5.74, 6) is 0.267. The van der Waals surface area contributed by atoms with E-state index in [-0.39, 0.29) is 37.4 Å². The first-order chi connectivity index (χ1) is 17.6. The molecule has 10 heteroatoms. The molecule has 0 bridgehead atoms. The molecule has 0 spiro atoms. The van der Waals surface area contributed by atoms with Crippen molar-refractivity contribution in [1.29, 1.82) is 0 Å². The molecule has 1 atom stereocenters. The van der Waals surface area contributed by atoms with Gasteiger partial charge in [-0.3, -0.25) is 13.9 Å². The number of hydrogen-bond acceptors (Lipinski definition) is 5. The molecule has 0 heterocycles. The van der Waals surface area contributed by atoms with Crippen LogP contribution in [0.15, 0.2) is 48.5 Å². The molecular weight excluding hydrogens is 514 g/mol. The van der Waals surface area contributed by atoms with Crippen LogP contribution in [0.4, 0.5) is 5.69 Å². The van der Waals surface area contributed by atoms with Crippen LogP contribution in [0.3, 0.4) is 0 Å². The summed E-state index contributed by atoms with van der Waals surface area (Å²) >= 11 is 5.95. The molecule has 1 unspecified atom stereocenters. The molecule has 2 aromatic carbocycles. The molecule has 202 valence electrons. The fraction of sp³-hybridized carbons (Fsp3) is 0.481. The van der Waals surface area contributed by atoms with E-state index < -0.39 is 16.1 Å². The fourth-order valence-electron chi connectivity index (χ4n) is 4.55. The van der Waals surface area contributed by atoms with Crippen LogP contribution in [-0.2, 0) is 26.2 Å². The maximum absolute atomic E-state index is 13.4. The highest BCUT2D eigenvalue weighted by Crippen LogP contribution is 2.22. The molecule has 37 heavy (non-hydrogen) atoms. The number of halogens is 1. The van der Waals surface area contributed by atoms with Gasteiger partial charge in [-0.2, -0.15) is 0 Å². The zero-order valence-electron chi connectivity index (χ0n) is 21.7. The summed E-state index contributed by atoms with van der Waals surface area (Å²) in [4.78, 5) is 28.0. The van der Waals surface area contributed by atoms with E-state index in [2.05, 4.69) is 5.32 Å². The summed E-state index contributed by atoms with van der Waals surface area (Å²) in [5.41, 5.74) is 1.32. The van der Waals surface area contributed by atoms with E-state index in [1.165, 1.54) is 4.31 Å². The Labute approximate surface area is 225 Å². The Bertz CT molecular complexity index is 1170. The third-order valence-electron chi connectivity index (χ3n) is 6.62. The van der Waals surface area contributed by atoms with Crippen molar-refractivity contribution < 1.29 is 22.7 Å². The monoisotopic (exact) mass is 549 g/mol. The molecule has 1 N–H and O–H groups in total. The summed E-state index contributed by atoms with van der Waals surface area (Å²) in [6, 6.07) is 13.4. The lowest BCUT2D eigenvalue weighted by Crippen LogP contribution is -2.49. The van der Waals surface area contributed by atoms with Crippen LogP contribution in [0.5, 0.6) is 5.75 Å². The van der Waals surface area contributed by atoms with Gasteiger partial charge in [-0.1, -0.05) is 36.6 Å². The van der Waals surface area contributed by atoms with Gasteiger partial charge in [0.15, 0.2) is 0 Å². The molecule has 0 aliphatic heterocycles. The molecule has 1 aliphatic rings. The van der Waals surface area contributed by atoms with Crippen LogP contribution < -0.4 is 14.4 Å². The Morgan fingerprint density at radius 1 is 1.14 bits per heavy atom. The topological polar surface area (TPSA) is 96.0 Å². The highest BCUT2D eigenvalue weighted by atomic mass is 35.5. The molecule has 0 aromatic heterocycles. The van der Waals surface area contributed by atoms with Crippen molar-refractivity contribution in [3.63, 3.8) is 0 Å². The minimum atomic E-state index is -3.56. The lowest BCUT2D eigenvalue weighted by atomic mass is 10.1. The van der Waals surface area contributed by atoms with Crippen LogP contribution in [-0.4, -0.2) is 57.1 Å². The first kappa shape index (κ1) is 28.8. The summed E-state index contributed by atoms with van der Waals surface area (Å²) in [7, 11) is -1.98. The standard InChI is InChI=1S/C27H36ClN3O5S/c1-20(27(33)29-23-9-4-5-10-23)30(19-21-8-6-11-25(18-21)36-2)26(32)12-7-17-31(37(3,34)35)24-15-13-22(28)14-16-24/h6,8,11,13-16,18,20,23H,4-5,7,9-10,12,17,19H2,1-3H3,(H,29,33). The molecule has 0 saturated heterocycles. The number of hydrogen-bond donors (Lipinski definition) is 1. The third-order valence-corrected chi connectivity index (χ3v) is 8.07. The van der Waals surface area contributed by atoms with Crippen molar-refractivity contribution >= 4 is 39.1 Å². The van der Waals surface area contributed by atoms with Gasteiger partial charge in [0.25, 0.3) is 0 Å². The van der Waals surface area contributed by atoms with E-state index in [0.717, 1.165) is 37.5 Å². The Hall–Kier alpha value is -2.78. The zero-order chi connectivity index (χ0) is 27.0. The van der Waals surface area contributed by atoms with Crippen LogP contribution in [0.1, 0.15) is 51.0 Å². The van der Waals surface area contributed by atoms with Gasteiger partial charge >= 0.3 is 0 Å². The molecule has 1 fully saturated rings. The average molecular weight is 550 g/mol. The molecule has 1 aliphatic carbocycles. The van der Waals surface area contributed by atoms with Crippen LogP contribution in [0.2, 0.25) is 5.02 Å². The first-order valence-corrected chi connectivity index (χ1v) is 14.8. The van der Waals surface area contributed by atoms with Crippen molar-refractivity contribution in [1.82, 2.24) is 10.2 Å². The van der Waals surface area contributed by atoms with Gasteiger partial charge in [0.2, 0.25) is 21.8 Å². The number of methoxy groups -OCH3 is 1. The number of sulfonamides is 1. The van der Waals surface area contributed by atoms with Crippen molar-refractivity contribution in [2.75, 3.05) is 24.2 Å². The van der Waals surface area contributed by atoms with Gasteiger partial charge in [-0.05, 0) is 68.1 Å². The second-order valence-corrected chi connectivity index (χ2v) is 11.8. The van der Waals surface area contributed by atoms with Gasteiger partial charge in [0.05, 0.1) is 19.1 Å². The van der Waals surface area contributed by atoms with Crippen molar-refractivity contribution in [2.45, 2.75) is 64.1 Å². The molecule has 3 rings (SSSR count). The summed E-state index contributed by atoms with van der Waals surface area (Å²) < 4.78 is 31.4. The van der Waals surface area contributed by atoms with Crippen molar-refractivity contribution in [3.8, 4) is 5.75 Å². The second-order valence-electron chi connectivity index (χ2n) is 9.45. The number of carbonyl (C=O) groups excluding carboxylic acids is 2. The average Bonchev–Trinajstić information content (AvgIpc) is 3.38. The molecule has 2 aromatic rings. The van der Waals surface area contributed by atoms with E-state index in [0.29, 0.717) is 22.9 Å². The Balaban J connectivity index is 1.72. The zero-order valence-corrected chi connectivity index (χ0v) is 23.2. The third kappa shape index (κ3) is 8.36. The van der Waals surface area contributed by atoms with Crippen molar-refractivity contribution in [3.05, 3.63) is 59.1 Å². The molecule has 2 amide bonds. The van der Waals surface area contributed by atoms with E-state index in [1.807, 2.05) is 24.3 Å². The number of nitrogens with zero attached hydrogens (tertiary/aromatic N) is 2. The number of ether oxygens (including phenoxy) is 1. The number of benzene rings is 2. The maximum atomic E-state index is 13.4. The van der Waals surface area contributed by atoms with Gasteiger partial charge in [-0.25, -0.2) is 8.42 Å². The van der Waals surface area contributed by atoms with E-state index in [4.69, 9.17) is 16.3 Å². The summed E-state index contributed by atoms with van der Waals surface area (Å²) in [5, 5.41) is 3.59. The highest BCUT2D eigenvalue weighted by Gasteiger charge is 2.29. The van der Waals surface area contributed by atoms with Gasteiger partial charge in [0.1, 0.15) is 11.8 Å². The van der Waals surface area contributed by atoms with E-state index in [1.54, 1.807) is 43.2 Å². The Kier molecular flexibility index (Phi) is 10.2. The lowest BCUT2D eigenvalue weighted by molar-refractivity contribution is -0.141. The number of amides is 2. The quantitative estimate of drug-likeness (QED) is 0.424. The normalized spacial score (nSPS) is 14.7. The minimum Gasteiger partial charge on any atom is -0.497 e. The van der Waals surface area contributed by atoms with E-state index >= 15 is 0 Å². The Morgan fingerprint density at radius 2 is 1.81 bits per heavy atom. The Morgan fingerprint density at radius 3 is 2.43 bits per heavy atom. The predicted molar refractivity (Wildman–Crippen MR) is 146 cm³/mol. The predicted octanol–water partition coefficient (Wildman–Crippen LogP) is 4.37. The first-order valence-electron chi connectivity index (χ1n) is 12.5. The van der Waals surface area contributed by atoms with Gasteiger partial charge in [-0.15, -0.1) is 0 Å². The van der Waals surface area contributed by atoms with Crippen LogP contribution >= 0.6 is 11.6 Å². The summed E-state index contributed by atoms with van der Waals surface area (Å²) in [6.45, 7) is 2.10. The maximum Gasteiger partial charge on any atom is 0.242 e. The van der Waals surface area contributed by atoms with E-state index in [9.17, 15) is 18.0 Å². The van der Waals surface area contributed by atoms with Gasteiger partial charge < -0.3 is 15.0 Å². The second kappa shape index (κ2) is 13.1. The van der Waals surface area contributed by atoms with Crippen molar-refractivity contribution in [2.24, 2.45) is 0 Å². The van der Waals surface area contributed by atoms with Crippen LogP contribution in [0.25, 0.3) is 0 Å². The smallest absolute Gasteiger partial charge is 0.242 e. The summed E-state index contributed by atoms with van der Waals surface area (Å²) in [6.07, 6.45) is 5.60. The number of rotatable bonds is 12. The minimum absolute atomic E-state index is 0.0879. The number of carbonyl (C=O) groups is 2. The SMILES string of the molecule is COc1cccc(CN(C(=O)CCCN(c2ccc(Cl)cc2)S(C)(=O)=O)C(C)C(=O)NC2CCCC2)c1.